The third kappa shape index (κ3) is 2.75. The molecule has 1 heterocycles. The Balaban J connectivity index is 1.93. The predicted octanol–water partition coefficient (Wildman–Crippen LogP) is 2.19. The summed E-state index contributed by atoms with van der Waals surface area (Å²) < 4.78 is 0. The molecule has 0 saturated carbocycles. The molecule has 0 atom stereocenters. The van der Waals surface area contributed by atoms with Crippen LogP contribution in [0.25, 0.3) is 0 Å². The van der Waals surface area contributed by atoms with Crippen molar-refractivity contribution < 1.29 is 9.59 Å². The lowest BCUT2D eigenvalue weighted by Crippen LogP contribution is -2.31. The van der Waals surface area contributed by atoms with Gasteiger partial charge in [-0.05, 0) is 30.9 Å². The number of rotatable bonds is 4. The minimum Gasteiger partial charge on any atom is -0.344 e. The molecule has 0 fully saturated rings. The minimum absolute atomic E-state index is 0.0244. The van der Waals surface area contributed by atoms with E-state index in [9.17, 15) is 9.59 Å². The molecular formula is C13H17NO2S. The van der Waals surface area contributed by atoms with Crippen LogP contribution in [0.15, 0.2) is 6.07 Å². The normalized spacial score (nSPS) is 13.8. The maximum Gasteiger partial charge on any atom is 0.261 e. The molecule has 1 aromatic heterocycles. The Morgan fingerprint density at radius 1 is 1.41 bits per heavy atom. The number of amides is 1. The van der Waals surface area contributed by atoms with Gasteiger partial charge in [0.1, 0.15) is 0 Å². The second-order valence-electron chi connectivity index (χ2n) is 4.72. The van der Waals surface area contributed by atoms with E-state index in [1.807, 2.05) is 19.9 Å². The van der Waals surface area contributed by atoms with E-state index in [1.54, 1.807) is 11.3 Å². The predicted molar refractivity (Wildman–Crippen MR) is 68.5 cm³/mol. The van der Waals surface area contributed by atoms with Gasteiger partial charge in [-0.25, -0.2) is 0 Å². The van der Waals surface area contributed by atoms with Crippen molar-refractivity contribution in [2.75, 3.05) is 6.54 Å². The highest BCUT2D eigenvalue weighted by atomic mass is 32.1. The van der Waals surface area contributed by atoms with Crippen molar-refractivity contribution in [3.8, 4) is 0 Å². The second-order valence-corrected chi connectivity index (χ2v) is 5.85. The van der Waals surface area contributed by atoms with E-state index in [4.69, 9.17) is 0 Å². The van der Waals surface area contributed by atoms with Crippen LogP contribution in [0.2, 0.25) is 0 Å². The van der Waals surface area contributed by atoms with Crippen LogP contribution in [0, 0.1) is 5.92 Å². The van der Waals surface area contributed by atoms with Crippen LogP contribution in [-0.2, 0) is 17.6 Å². The zero-order chi connectivity index (χ0) is 12.4. The van der Waals surface area contributed by atoms with Crippen LogP contribution >= 0.6 is 11.3 Å². The van der Waals surface area contributed by atoms with E-state index in [-0.39, 0.29) is 24.2 Å². The van der Waals surface area contributed by atoms with Crippen molar-refractivity contribution in [1.29, 1.82) is 0 Å². The quantitative estimate of drug-likeness (QED) is 0.891. The van der Waals surface area contributed by atoms with E-state index in [0.717, 1.165) is 17.7 Å². The molecule has 1 aliphatic rings. The lowest BCUT2D eigenvalue weighted by Gasteiger charge is -2.05. The first kappa shape index (κ1) is 12.3. The summed E-state index contributed by atoms with van der Waals surface area (Å²) >= 11 is 1.57. The first-order valence-electron chi connectivity index (χ1n) is 6.00. The molecule has 0 saturated heterocycles. The summed E-state index contributed by atoms with van der Waals surface area (Å²) in [5, 5.41) is 2.69. The highest BCUT2D eigenvalue weighted by Gasteiger charge is 2.18. The fourth-order valence-corrected chi connectivity index (χ4v) is 3.07. The van der Waals surface area contributed by atoms with Crippen molar-refractivity contribution in [1.82, 2.24) is 5.32 Å². The number of nitrogens with one attached hydrogen (secondary N) is 1. The molecule has 0 bridgehead atoms. The highest BCUT2D eigenvalue weighted by molar-refractivity contribution is 7.14. The third-order valence-corrected chi connectivity index (χ3v) is 4.27. The Morgan fingerprint density at radius 2 is 2.18 bits per heavy atom. The molecule has 1 aromatic rings. The average molecular weight is 251 g/mol. The lowest BCUT2D eigenvalue weighted by atomic mass is 10.1. The standard InChI is InChI=1S/C13H17NO2S/c1-8(2)10(15)7-14-13(16)12-6-9-4-3-5-11(9)17-12/h6,8H,3-5,7H2,1-2H3,(H,14,16). The second kappa shape index (κ2) is 5.00. The fourth-order valence-electron chi connectivity index (χ4n) is 1.90. The molecule has 0 spiro atoms. The van der Waals surface area contributed by atoms with Crippen LogP contribution in [0.1, 0.15) is 40.4 Å². The van der Waals surface area contributed by atoms with E-state index < -0.39 is 0 Å². The Morgan fingerprint density at radius 3 is 2.82 bits per heavy atom. The van der Waals surface area contributed by atoms with E-state index >= 15 is 0 Å². The number of fused-ring (bicyclic) bond motifs is 1. The number of ketones is 1. The van der Waals surface area contributed by atoms with Gasteiger partial charge < -0.3 is 5.32 Å². The summed E-state index contributed by atoms with van der Waals surface area (Å²) in [5.74, 6) is -0.0653. The van der Waals surface area contributed by atoms with Gasteiger partial charge in [0.05, 0.1) is 11.4 Å². The van der Waals surface area contributed by atoms with Gasteiger partial charge in [0, 0.05) is 10.8 Å². The van der Waals surface area contributed by atoms with Gasteiger partial charge in [-0.1, -0.05) is 13.8 Å². The molecule has 0 aromatic carbocycles. The van der Waals surface area contributed by atoms with Gasteiger partial charge >= 0.3 is 0 Å². The van der Waals surface area contributed by atoms with Gasteiger partial charge in [-0.3, -0.25) is 9.59 Å². The molecular weight excluding hydrogens is 234 g/mol. The molecule has 17 heavy (non-hydrogen) atoms. The first-order valence-corrected chi connectivity index (χ1v) is 6.82. The largest absolute Gasteiger partial charge is 0.344 e. The van der Waals surface area contributed by atoms with Crippen molar-refractivity contribution in [2.45, 2.75) is 33.1 Å². The van der Waals surface area contributed by atoms with Gasteiger partial charge in [-0.2, -0.15) is 0 Å². The maximum absolute atomic E-state index is 11.8. The topological polar surface area (TPSA) is 46.2 Å². The fraction of sp³-hybridized carbons (Fsp3) is 0.538. The van der Waals surface area contributed by atoms with Crippen molar-refractivity contribution in [3.05, 3.63) is 21.4 Å². The van der Waals surface area contributed by atoms with Crippen LogP contribution in [0.4, 0.5) is 0 Å². The van der Waals surface area contributed by atoms with Crippen LogP contribution in [0.3, 0.4) is 0 Å². The molecule has 3 nitrogen and oxygen atoms in total. The number of Topliss-reactive ketones (excluding diaryl/α,β-unsaturated/α-hetero) is 1. The molecule has 1 N–H and O–H groups in total. The number of aryl methyl sites for hydroxylation is 2. The van der Waals surface area contributed by atoms with Crippen molar-refractivity contribution >= 4 is 23.0 Å². The SMILES string of the molecule is CC(C)C(=O)CNC(=O)c1cc2c(s1)CCC2. The monoisotopic (exact) mass is 251 g/mol. The van der Waals surface area contributed by atoms with E-state index in [2.05, 4.69) is 5.32 Å². The number of thiophene rings is 1. The van der Waals surface area contributed by atoms with Gasteiger partial charge in [0.2, 0.25) is 0 Å². The van der Waals surface area contributed by atoms with Crippen LogP contribution in [-0.4, -0.2) is 18.2 Å². The van der Waals surface area contributed by atoms with E-state index in [1.165, 1.54) is 16.9 Å². The molecule has 2 rings (SSSR count). The molecule has 1 amide bonds. The summed E-state index contributed by atoms with van der Waals surface area (Å²) in [6.07, 6.45) is 3.39. The first-order chi connectivity index (χ1) is 8.08. The van der Waals surface area contributed by atoms with Crippen molar-refractivity contribution in [2.24, 2.45) is 5.92 Å². The summed E-state index contributed by atoms with van der Waals surface area (Å²) in [7, 11) is 0. The van der Waals surface area contributed by atoms with E-state index in [0.29, 0.717) is 0 Å². The number of hydrogen-bond donors (Lipinski definition) is 1. The van der Waals surface area contributed by atoms with Crippen LogP contribution in [0.5, 0.6) is 0 Å². The average Bonchev–Trinajstić information content (AvgIpc) is 2.84. The zero-order valence-electron chi connectivity index (χ0n) is 10.2. The molecule has 0 aliphatic heterocycles. The molecule has 1 aliphatic carbocycles. The lowest BCUT2D eigenvalue weighted by molar-refractivity contribution is -0.120. The Labute approximate surface area is 105 Å². The third-order valence-electron chi connectivity index (χ3n) is 3.04. The minimum atomic E-state index is -0.113. The number of carbonyl (C=O) groups excluding carboxylic acids is 2. The summed E-state index contributed by atoms with van der Waals surface area (Å²) in [5.41, 5.74) is 1.32. The summed E-state index contributed by atoms with van der Waals surface area (Å²) in [4.78, 5) is 25.3. The Kier molecular flexibility index (Phi) is 3.62. The molecule has 0 unspecified atom stereocenters. The van der Waals surface area contributed by atoms with Gasteiger partial charge in [0.15, 0.2) is 5.78 Å². The number of carbonyl (C=O) groups is 2. The Bertz CT molecular complexity index is 427. The maximum atomic E-state index is 11.8. The Hall–Kier alpha value is -1.16. The smallest absolute Gasteiger partial charge is 0.261 e. The summed E-state index contributed by atoms with van der Waals surface area (Å²) in [6.45, 7) is 3.82. The highest BCUT2D eigenvalue weighted by Crippen LogP contribution is 2.30. The van der Waals surface area contributed by atoms with Crippen molar-refractivity contribution in [3.63, 3.8) is 0 Å². The zero-order valence-corrected chi connectivity index (χ0v) is 11.0. The van der Waals surface area contributed by atoms with Gasteiger partial charge in [0.25, 0.3) is 5.91 Å². The summed E-state index contributed by atoms with van der Waals surface area (Å²) in [6, 6.07) is 1.97. The van der Waals surface area contributed by atoms with Crippen LogP contribution < -0.4 is 5.32 Å². The molecule has 0 radical (unpaired) electrons. The number of hydrogen-bond acceptors (Lipinski definition) is 3. The molecule has 92 valence electrons. The van der Waals surface area contributed by atoms with Gasteiger partial charge in [-0.15, -0.1) is 11.3 Å². The molecule has 4 heteroatoms.